The lowest BCUT2D eigenvalue weighted by atomic mass is 9.69. The smallest absolute Gasteiger partial charge is 0.0701 e. The number of nitrogens with zero attached hydrogens (tertiary/aromatic N) is 3. The molecule has 1 heterocycles. The molecular weight excluding hydrogens is 328 g/mol. The summed E-state index contributed by atoms with van der Waals surface area (Å²) in [6.45, 7) is 4.37. The molecule has 1 unspecified atom stereocenters. The fraction of sp³-hybridized carbons (Fsp3) is 0.812. The van der Waals surface area contributed by atoms with Crippen LogP contribution in [0.15, 0.2) is 10.7 Å². The fourth-order valence-electron chi connectivity index (χ4n) is 3.60. The highest BCUT2D eigenvalue weighted by Crippen LogP contribution is 2.46. The first kappa shape index (κ1) is 17.0. The van der Waals surface area contributed by atoms with Gasteiger partial charge in [-0.05, 0) is 55.3 Å². The minimum Gasteiger partial charge on any atom is -0.311 e. The molecule has 1 atom stereocenters. The van der Waals surface area contributed by atoms with Crippen LogP contribution < -0.4 is 5.32 Å². The Morgan fingerprint density at radius 1 is 1.38 bits per heavy atom. The Balaban J connectivity index is 2.26. The predicted octanol–water partition coefficient (Wildman–Crippen LogP) is 3.44. The van der Waals surface area contributed by atoms with Gasteiger partial charge < -0.3 is 10.2 Å². The Hall–Kier alpha value is -0.390. The molecule has 0 bridgehead atoms. The van der Waals surface area contributed by atoms with Crippen molar-refractivity contribution in [3.05, 3.63) is 16.4 Å². The highest BCUT2D eigenvalue weighted by atomic mass is 79.9. The molecule has 4 nitrogen and oxygen atoms in total. The average molecular weight is 357 g/mol. The van der Waals surface area contributed by atoms with Crippen molar-refractivity contribution >= 4 is 15.9 Å². The average Bonchev–Trinajstić information content (AvgIpc) is 2.80. The predicted molar refractivity (Wildman–Crippen MR) is 91.5 cm³/mol. The van der Waals surface area contributed by atoms with Crippen LogP contribution in [-0.2, 0) is 6.54 Å². The summed E-state index contributed by atoms with van der Waals surface area (Å²) in [7, 11) is 6.30. The van der Waals surface area contributed by atoms with Crippen LogP contribution >= 0.6 is 15.9 Å². The molecule has 1 aromatic heterocycles. The Labute approximate surface area is 137 Å². The molecule has 1 aliphatic rings. The van der Waals surface area contributed by atoms with Crippen LogP contribution in [0.4, 0.5) is 0 Å². The molecule has 21 heavy (non-hydrogen) atoms. The summed E-state index contributed by atoms with van der Waals surface area (Å²) in [5.41, 5.74) is 1.63. The maximum absolute atomic E-state index is 4.59. The van der Waals surface area contributed by atoms with Crippen molar-refractivity contribution in [2.45, 2.75) is 51.6 Å². The van der Waals surface area contributed by atoms with Crippen LogP contribution in [0.5, 0.6) is 0 Å². The lowest BCUT2D eigenvalue weighted by molar-refractivity contribution is 0.143. The van der Waals surface area contributed by atoms with Gasteiger partial charge in [0.2, 0.25) is 0 Å². The van der Waals surface area contributed by atoms with E-state index in [0.29, 0.717) is 11.5 Å². The fourth-order valence-corrected chi connectivity index (χ4v) is 4.12. The first-order valence-corrected chi connectivity index (χ1v) is 8.80. The normalized spacial score (nSPS) is 19.9. The van der Waals surface area contributed by atoms with Gasteiger partial charge in [0.15, 0.2) is 0 Å². The number of likely N-dealkylation sites (N-methyl/N-ethyl adjacent to an activating group) is 1. The second kappa shape index (κ2) is 7.25. The summed E-state index contributed by atoms with van der Waals surface area (Å²) >= 11 is 3.72. The molecule has 1 aromatic rings. The van der Waals surface area contributed by atoms with Crippen LogP contribution in [-0.4, -0.2) is 42.4 Å². The molecule has 0 spiro atoms. The molecule has 120 valence electrons. The summed E-state index contributed by atoms with van der Waals surface area (Å²) in [5, 5.41) is 8.16. The first-order valence-electron chi connectivity index (χ1n) is 8.01. The van der Waals surface area contributed by atoms with E-state index in [9.17, 15) is 0 Å². The quantitative estimate of drug-likeness (QED) is 0.847. The van der Waals surface area contributed by atoms with E-state index in [1.54, 1.807) is 0 Å². The Morgan fingerprint density at radius 3 is 2.62 bits per heavy atom. The molecule has 1 saturated carbocycles. The maximum Gasteiger partial charge on any atom is 0.0701 e. The lowest BCUT2D eigenvalue weighted by Gasteiger charge is -2.41. The van der Waals surface area contributed by atoms with E-state index in [4.69, 9.17) is 0 Å². The topological polar surface area (TPSA) is 33.1 Å². The summed E-state index contributed by atoms with van der Waals surface area (Å²) in [4.78, 5) is 2.20. The molecule has 0 saturated heterocycles. The number of nitrogens with one attached hydrogen (secondary N) is 1. The highest BCUT2D eigenvalue weighted by molar-refractivity contribution is 9.10. The molecule has 2 rings (SSSR count). The zero-order valence-corrected chi connectivity index (χ0v) is 15.4. The van der Waals surface area contributed by atoms with Crippen molar-refractivity contribution in [3.8, 4) is 0 Å². The van der Waals surface area contributed by atoms with Crippen molar-refractivity contribution in [1.29, 1.82) is 0 Å². The highest BCUT2D eigenvalue weighted by Gasteiger charge is 2.38. The van der Waals surface area contributed by atoms with E-state index in [2.05, 4.69) is 64.0 Å². The minimum atomic E-state index is 0.325. The zero-order valence-electron chi connectivity index (χ0n) is 13.8. The Morgan fingerprint density at radius 2 is 2.05 bits per heavy atom. The van der Waals surface area contributed by atoms with Crippen LogP contribution in [0.25, 0.3) is 0 Å². The third-order valence-electron chi connectivity index (χ3n) is 4.85. The molecular formula is C16H29BrN4. The molecule has 0 radical (unpaired) electrons. The van der Waals surface area contributed by atoms with Gasteiger partial charge in [-0.3, -0.25) is 4.68 Å². The largest absolute Gasteiger partial charge is 0.311 e. The minimum absolute atomic E-state index is 0.325. The Kier molecular flexibility index (Phi) is 5.86. The van der Waals surface area contributed by atoms with Gasteiger partial charge in [0.1, 0.15) is 0 Å². The molecule has 1 fully saturated rings. The van der Waals surface area contributed by atoms with Crippen molar-refractivity contribution in [1.82, 2.24) is 20.0 Å². The van der Waals surface area contributed by atoms with Crippen molar-refractivity contribution < 1.29 is 0 Å². The number of halogens is 1. The van der Waals surface area contributed by atoms with Crippen LogP contribution in [0.3, 0.4) is 0 Å². The van der Waals surface area contributed by atoms with Gasteiger partial charge in [-0.25, -0.2) is 0 Å². The van der Waals surface area contributed by atoms with E-state index in [1.165, 1.54) is 37.8 Å². The van der Waals surface area contributed by atoms with E-state index in [-0.39, 0.29) is 0 Å². The van der Waals surface area contributed by atoms with Gasteiger partial charge in [-0.1, -0.05) is 26.2 Å². The van der Waals surface area contributed by atoms with Crippen molar-refractivity contribution in [2.24, 2.45) is 5.41 Å². The SMILES string of the molecule is CNC(c1c(Br)cnn1CCN(C)C)C1(C)CCCCC1. The van der Waals surface area contributed by atoms with Gasteiger partial charge in [0.25, 0.3) is 0 Å². The van der Waals surface area contributed by atoms with Gasteiger partial charge in [-0.2, -0.15) is 5.10 Å². The van der Waals surface area contributed by atoms with Gasteiger partial charge >= 0.3 is 0 Å². The summed E-state index contributed by atoms with van der Waals surface area (Å²) in [6, 6.07) is 0.358. The van der Waals surface area contributed by atoms with Gasteiger partial charge in [-0.15, -0.1) is 0 Å². The molecule has 0 aliphatic heterocycles. The third-order valence-corrected chi connectivity index (χ3v) is 5.46. The van der Waals surface area contributed by atoms with Crippen molar-refractivity contribution in [2.75, 3.05) is 27.7 Å². The third kappa shape index (κ3) is 3.88. The van der Waals surface area contributed by atoms with E-state index >= 15 is 0 Å². The van der Waals surface area contributed by atoms with E-state index in [1.807, 2.05) is 6.20 Å². The number of hydrogen-bond donors (Lipinski definition) is 1. The molecule has 0 aromatic carbocycles. The molecule has 1 N–H and O–H groups in total. The molecule has 5 heteroatoms. The van der Waals surface area contributed by atoms with Gasteiger partial charge in [0.05, 0.1) is 29.0 Å². The van der Waals surface area contributed by atoms with E-state index in [0.717, 1.165) is 17.6 Å². The van der Waals surface area contributed by atoms with Gasteiger partial charge in [0, 0.05) is 6.54 Å². The standard InChI is InChI=1S/C16H29BrN4/c1-16(8-6-5-7-9-16)15(18-2)14-13(17)12-19-21(14)11-10-20(3)4/h12,15,18H,5-11H2,1-4H3. The monoisotopic (exact) mass is 356 g/mol. The summed E-state index contributed by atoms with van der Waals surface area (Å²) in [5.74, 6) is 0. The van der Waals surface area contributed by atoms with Crippen molar-refractivity contribution in [3.63, 3.8) is 0 Å². The number of rotatable bonds is 6. The van der Waals surface area contributed by atoms with Crippen LogP contribution in [0.1, 0.15) is 50.8 Å². The first-order chi connectivity index (χ1) is 9.98. The summed E-state index contributed by atoms with van der Waals surface area (Å²) < 4.78 is 3.30. The molecule has 0 amide bonds. The lowest BCUT2D eigenvalue weighted by Crippen LogP contribution is -2.38. The Bertz CT molecular complexity index is 449. The molecule has 1 aliphatic carbocycles. The maximum atomic E-state index is 4.59. The number of hydrogen-bond acceptors (Lipinski definition) is 3. The van der Waals surface area contributed by atoms with E-state index < -0.39 is 0 Å². The second-order valence-corrected chi connectivity index (χ2v) is 7.69. The van der Waals surface area contributed by atoms with Crippen LogP contribution in [0.2, 0.25) is 0 Å². The summed E-state index contributed by atoms with van der Waals surface area (Å²) in [6.07, 6.45) is 8.61. The number of aromatic nitrogens is 2. The van der Waals surface area contributed by atoms with Crippen LogP contribution in [0, 0.1) is 5.41 Å². The zero-order chi connectivity index (χ0) is 15.5. The second-order valence-electron chi connectivity index (χ2n) is 6.84.